The monoisotopic (exact) mass is 299 g/mol. The number of aromatic amines is 1. The number of aromatic nitrogens is 1. The van der Waals surface area contributed by atoms with Gasteiger partial charge in [0.25, 0.3) is 0 Å². The lowest BCUT2D eigenvalue weighted by molar-refractivity contribution is 0.167. The van der Waals surface area contributed by atoms with Crippen LogP contribution in [0, 0.1) is 6.92 Å². The molecule has 5 heteroatoms. The van der Waals surface area contributed by atoms with E-state index in [2.05, 4.69) is 17.1 Å². The van der Waals surface area contributed by atoms with E-state index in [4.69, 9.17) is 18.9 Å². The van der Waals surface area contributed by atoms with Crippen molar-refractivity contribution in [3.63, 3.8) is 0 Å². The largest absolute Gasteiger partial charge is 0.494 e. The number of rotatable bonds is 2. The molecule has 0 atom stereocenters. The zero-order chi connectivity index (χ0) is 15.3. The number of nitrogens with one attached hydrogen (secondary N) is 1. The SMILES string of the molecule is COc1cc2c([nH]c3c(OC)c(C)ccc32)c2c1OCCO2. The fourth-order valence-electron chi connectivity index (χ4n) is 3.09. The van der Waals surface area contributed by atoms with E-state index in [0.717, 1.165) is 33.1 Å². The Kier molecular flexibility index (Phi) is 2.82. The van der Waals surface area contributed by atoms with Crippen molar-refractivity contribution in [3.8, 4) is 23.0 Å². The first-order valence-corrected chi connectivity index (χ1v) is 7.20. The van der Waals surface area contributed by atoms with Crippen LogP contribution in [-0.2, 0) is 0 Å². The molecule has 2 aromatic carbocycles. The van der Waals surface area contributed by atoms with Crippen molar-refractivity contribution in [2.75, 3.05) is 27.4 Å². The second-order valence-corrected chi connectivity index (χ2v) is 5.32. The first-order chi connectivity index (χ1) is 10.7. The molecule has 0 radical (unpaired) electrons. The maximum absolute atomic E-state index is 5.84. The molecular formula is C17H17NO4. The molecule has 22 heavy (non-hydrogen) atoms. The highest BCUT2D eigenvalue weighted by atomic mass is 16.6. The fraction of sp³-hybridized carbons (Fsp3) is 0.294. The number of benzene rings is 2. The predicted octanol–water partition coefficient (Wildman–Crippen LogP) is 3.42. The lowest BCUT2D eigenvalue weighted by atomic mass is 10.1. The van der Waals surface area contributed by atoms with Crippen LogP contribution in [0.25, 0.3) is 21.8 Å². The Hall–Kier alpha value is -2.56. The van der Waals surface area contributed by atoms with E-state index in [9.17, 15) is 0 Å². The van der Waals surface area contributed by atoms with Gasteiger partial charge in [0.15, 0.2) is 11.5 Å². The van der Waals surface area contributed by atoms with Gasteiger partial charge in [0, 0.05) is 10.8 Å². The Morgan fingerprint density at radius 2 is 1.73 bits per heavy atom. The normalized spacial score (nSPS) is 13.6. The molecular weight excluding hydrogens is 282 g/mol. The lowest BCUT2D eigenvalue weighted by Crippen LogP contribution is -2.16. The molecule has 0 unspecified atom stereocenters. The van der Waals surface area contributed by atoms with Crippen LogP contribution in [0.3, 0.4) is 0 Å². The highest BCUT2D eigenvalue weighted by Gasteiger charge is 2.24. The van der Waals surface area contributed by atoms with Crippen LogP contribution >= 0.6 is 0 Å². The maximum atomic E-state index is 5.84. The van der Waals surface area contributed by atoms with Gasteiger partial charge in [-0.2, -0.15) is 0 Å². The Balaban J connectivity index is 2.15. The van der Waals surface area contributed by atoms with Crippen molar-refractivity contribution >= 4 is 21.8 Å². The molecule has 0 saturated heterocycles. The first kappa shape index (κ1) is 13.1. The molecule has 3 aromatic rings. The summed E-state index contributed by atoms with van der Waals surface area (Å²) in [7, 11) is 3.32. The fourth-order valence-corrected chi connectivity index (χ4v) is 3.09. The summed E-state index contributed by atoms with van der Waals surface area (Å²) in [5, 5.41) is 2.11. The van der Waals surface area contributed by atoms with Gasteiger partial charge in [-0.1, -0.05) is 12.1 Å². The molecule has 0 fully saturated rings. The molecule has 0 saturated carbocycles. The van der Waals surface area contributed by atoms with E-state index in [1.807, 2.05) is 13.0 Å². The Labute approximate surface area is 127 Å². The smallest absolute Gasteiger partial charge is 0.205 e. The molecule has 1 N–H and O–H groups in total. The standard InChI is InChI=1S/C17H17NO4/c1-9-4-5-10-11-8-12(19-2)16-17(22-7-6-21-16)14(11)18-13(10)15(9)20-3/h4-5,8,18H,6-7H2,1-3H3. The number of methoxy groups -OCH3 is 2. The molecule has 0 amide bonds. The van der Waals surface area contributed by atoms with E-state index in [1.54, 1.807) is 14.2 Å². The molecule has 1 aromatic heterocycles. The van der Waals surface area contributed by atoms with Gasteiger partial charge in [-0.3, -0.25) is 0 Å². The van der Waals surface area contributed by atoms with Gasteiger partial charge in [-0.15, -0.1) is 0 Å². The molecule has 0 bridgehead atoms. The van der Waals surface area contributed by atoms with Gasteiger partial charge in [-0.25, -0.2) is 0 Å². The highest BCUT2D eigenvalue weighted by molar-refractivity contribution is 6.12. The van der Waals surface area contributed by atoms with Gasteiger partial charge in [0.05, 0.1) is 25.3 Å². The number of fused-ring (bicyclic) bond motifs is 5. The van der Waals surface area contributed by atoms with Crippen molar-refractivity contribution < 1.29 is 18.9 Å². The second kappa shape index (κ2) is 4.73. The van der Waals surface area contributed by atoms with Crippen molar-refractivity contribution in [2.24, 2.45) is 0 Å². The van der Waals surface area contributed by atoms with Crippen LogP contribution in [0.15, 0.2) is 18.2 Å². The summed E-state index contributed by atoms with van der Waals surface area (Å²) in [4.78, 5) is 3.43. The van der Waals surface area contributed by atoms with Gasteiger partial charge in [-0.05, 0) is 18.6 Å². The van der Waals surface area contributed by atoms with Crippen LogP contribution in [0.4, 0.5) is 0 Å². The summed E-state index contributed by atoms with van der Waals surface area (Å²) >= 11 is 0. The minimum absolute atomic E-state index is 0.525. The van der Waals surface area contributed by atoms with E-state index >= 15 is 0 Å². The first-order valence-electron chi connectivity index (χ1n) is 7.20. The minimum atomic E-state index is 0.525. The third kappa shape index (κ3) is 1.65. The van der Waals surface area contributed by atoms with Gasteiger partial charge in [0.2, 0.25) is 5.75 Å². The van der Waals surface area contributed by atoms with Crippen molar-refractivity contribution in [1.29, 1.82) is 0 Å². The molecule has 0 aliphatic carbocycles. The third-order valence-electron chi connectivity index (χ3n) is 4.10. The Morgan fingerprint density at radius 1 is 0.955 bits per heavy atom. The summed E-state index contributed by atoms with van der Waals surface area (Å²) in [6.07, 6.45) is 0. The second-order valence-electron chi connectivity index (χ2n) is 5.32. The molecule has 2 heterocycles. The van der Waals surface area contributed by atoms with Gasteiger partial charge < -0.3 is 23.9 Å². The Bertz CT molecular complexity index is 882. The van der Waals surface area contributed by atoms with Crippen LogP contribution in [0.5, 0.6) is 23.0 Å². The van der Waals surface area contributed by atoms with E-state index in [-0.39, 0.29) is 0 Å². The van der Waals surface area contributed by atoms with Crippen LogP contribution in [0.2, 0.25) is 0 Å². The van der Waals surface area contributed by atoms with Gasteiger partial charge >= 0.3 is 0 Å². The average molecular weight is 299 g/mol. The van der Waals surface area contributed by atoms with Crippen LogP contribution < -0.4 is 18.9 Å². The van der Waals surface area contributed by atoms with Gasteiger partial charge in [0.1, 0.15) is 19.0 Å². The summed E-state index contributed by atoms with van der Waals surface area (Å²) in [6, 6.07) is 6.12. The summed E-state index contributed by atoms with van der Waals surface area (Å²) < 4.78 is 22.6. The third-order valence-corrected chi connectivity index (χ3v) is 4.10. The van der Waals surface area contributed by atoms with E-state index in [0.29, 0.717) is 30.5 Å². The number of ether oxygens (including phenoxy) is 4. The van der Waals surface area contributed by atoms with Crippen molar-refractivity contribution in [2.45, 2.75) is 6.92 Å². The lowest BCUT2D eigenvalue weighted by Gasteiger charge is -2.21. The zero-order valence-corrected chi connectivity index (χ0v) is 12.8. The van der Waals surface area contributed by atoms with Crippen LogP contribution in [-0.4, -0.2) is 32.4 Å². The number of hydrogen-bond acceptors (Lipinski definition) is 4. The number of aryl methyl sites for hydroxylation is 1. The molecule has 1 aliphatic heterocycles. The average Bonchev–Trinajstić information content (AvgIpc) is 2.92. The zero-order valence-electron chi connectivity index (χ0n) is 12.8. The predicted molar refractivity (Wildman–Crippen MR) is 84.6 cm³/mol. The molecule has 1 aliphatic rings. The molecule has 5 nitrogen and oxygen atoms in total. The molecule has 0 spiro atoms. The quantitative estimate of drug-likeness (QED) is 0.788. The van der Waals surface area contributed by atoms with Crippen molar-refractivity contribution in [3.05, 3.63) is 23.8 Å². The Morgan fingerprint density at radius 3 is 2.45 bits per heavy atom. The maximum Gasteiger partial charge on any atom is 0.205 e. The highest BCUT2D eigenvalue weighted by Crippen LogP contribution is 2.47. The summed E-state index contributed by atoms with van der Waals surface area (Å²) in [6.45, 7) is 3.08. The number of H-pyrrole nitrogens is 1. The van der Waals surface area contributed by atoms with E-state index < -0.39 is 0 Å². The van der Waals surface area contributed by atoms with E-state index in [1.165, 1.54) is 0 Å². The topological polar surface area (TPSA) is 52.7 Å². The number of hydrogen-bond donors (Lipinski definition) is 1. The minimum Gasteiger partial charge on any atom is -0.494 e. The summed E-state index contributed by atoms with van der Waals surface area (Å²) in [5.41, 5.74) is 2.95. The molecule has 4 rings (SSSR count). The van der Waals surface area contributed by atoms with Crippen molar-refractivity contribution in [1.82, 2.24) is 4.98 Å². The van der Waals surface area contributed by atoms with Crippen LogP contribution in [0.1, 0.15) is 5.56 Å². The summed E-state index contributed by atoms with van der Waals surface area (Å²) in [5.74, 6) is 2.89. The molecule has 114 valence electrons.